The van der Waals surface area contributed by atoms with Crippen molar-refractivity contribution in [1.82, 2.24) is 9.55 Å². The largest absolute Gasteiger partial charge is 0.586 e. The highest BCUT2D eigenvalue weighted by molar-refractivity contribution is 7.15. The predicted octanol–water partition coefficient (Wildman–Crippen LogP) is 4.26. The van der Waals surface area contributed by atoms with E-state index in [0.717, 1.165) is 4.88 Å². The Labute approximate surface area is 167 Å². The Kier molecular flexibility index (Phi) is 4.02. The third-order valence-electron chi connectivity index (χ3n) is 4.98. The molecule has 6 nitrogen and oxygen atoms in total. The van der Waals surface area contributed by atoms with Gasteiger partial charge in [-0.05, 0) is 42.3 Å². The molecule has 1 atom stereocenters. The zero-order valence-corrected chi connectivity index (χ0v) is 15.7. The van der Waals surface area contributed by atoms with Crippen molar-refractivity contribution in [3.8, 4) is 21.9 Å². The van der Waals surface area contributed by atoms with E-state index in [1.807, 2.05) is 0 Å². The fourth-order valence-corrected chi connectivity index (χ4v) is 4.57. The summed E-state index contributed by atoms with van der Waals surface area (Å²) < 4.78 is 37.0. The number of alkyl halides is 2. The van der Waals surface area contributed by atoms with Gasteiger partial charge in [-0.15, -0.1) is 20.1 Å². The number of nitrogens with zero attached hydrogens (tertiary/aromatic N) is 2. The third kappa shape index (κ3) is 3.21. The lowest BCUT2D eigenvalue weighted by atomic mass is 9.97. The van der Waals surface area contributed by atoms with Gasteiger partial charge in [-0.25, -0.2) is 4.98 Å². The van der Waals surface area contributed by atoms with Crippen LogP contribution in [0, 0.1) is 0 Å². The molecule has 0 saturated heterocycles. The maximum Gasteiger partial charge on any atom is 0.586 e. The lowest BCUT2D eigenvalue weighted by Crippen LogP contribution is -2.28. The quantitative estimate of drug-likeness (QED) is 0.636. The molecule has 0 fully saturated rings. The van der Waals surface area contributed by atoms with E-state index >= 15 is 0 Å². The SMILES string of the molecule is O=C1CCC(C(=O)Cc2ncc(-c3ccc4c(c3)OC(F)(F)O4)s2)n2cccc21. The minimum absolute atomic E-state index is 0.0128. The van der Waals surface area contributed by atoms with E-state index in [1.165, 1.54) is 23.5 Å². The summed E-state index contributed by atoms with van der Waals surface area (Å²) in [5.41, 5.74) is 1.21. The number of aromatic nitrogens is 2. The number of carbonyl (C=O) groups is 2. The zero-order valence-electron chi connectivity index (χ0n) is 14.9. The number of benzene rings is 1. The average molecular weight is 416 g/mol. The summed E-state index contributed by atoms with van der Waals surface area (Å²) in [5.74, 6) is -0.0243. The number of hydrogen-bond acceptors (Lipinski definition) is 6. The lowest BCUT2D eigenvalue weighted by Gasteiger charge is -2.24. The van der Waals surface area contributed by atoms with Crippen LogP contribution in [0.4, 0.5) is 8.78 Å². The number of hydrogen-bond donors (Lipinski definition) is 0. The monoisotopic (exact) mass is 416 g/mol. The summed E-state index contributed by atoms with van der Waals surface area (Å²) in [6.07, 6.45) is 0.674. The number of carbonyl (C=O) groups excluding carboxylic acids is 2. The molecule has 0 radical (unpaired) electrons. The van der Waals surface area contributed by atoms with E-state index in [2.05, 4.69) is 14.5 Å². The molecule has 3 aromatic rings. The molecule has 0 amide bonds. The maximum absolute atomic E-state index is 13.2. The van der Waals surface area contributed by atoms with Gasteiger partial charge >= 0.3 is 6.29 Å². The molecular weight excluding hydrogens is 402 g/mol. The Morgan fingerprint density at radius 2 is 2.10 bits per heavy atom. The number of ketones is 2. The Morgan fingerprint density at radius 1 is 1.28 bits per heavy atom. The van der Waals surface area contributed by atoms with Crippen molar-refractivity contribution in [1.29, 1.82) is 0 Å². The van der Waals surface area contributed by atoms with Gasteiger partial charge in [0.25, 0.3) is 0 Å². The number of ether oxygens (including phenoxy) is 2. The summed E-state index contributed by atoms with van der Waals surface area (Å²) in [6, 6.07) is 7.65. The highest BCUT2D eigenvalue weighted by Gasteiger charge is 2.43. The van der Waals surface area contributed by atoms with Crippen LogP contribution in [0.15, 0.2) is 42.7 Å². The number of rotatable bonds is 4. The Balaban J connectivity index is 1.34. The highest BCUT2D eigenvalue weighted by atomic mass is 32.1. The van der Waals surface area contributed by atoms with E-state index in [1.54, 1.807) is 35.2 Å². The van der Waals surface area contributed by atoms with Gasteiger partial charge in [0.15, 0.2) is 23.1 Å². The van der Waals surface area contributed by atoms with Crippen molar-refractivity contribution in [2.24, 2.45) is 0 Å². The van der Waals surface area contributed by atoms with Gasteiger partial charge in [0, 0.05) is 18.8 Å². The van der Waals surface area contributed by atoms with Crippen LogP contribution in [0.5, 0.6) is 11.5 Å². The summed E-state index contributed by atoms with van der Waals surface area (Å²) in [5, 5.41) is 0.624. The first-order valence-electron chi connectivity index (χ1n) is 8.97. The number of Topliss-reactive ketones (excluding diaryl/α,β-unsaturated/α-hetero) is 2. The molecule has 0 spiro atoms. The molecule has 2 aliphatic rings. The van der Waals surface area contributed by atoms with Gasteiger partial charge in [0.05, 0.1) is 23.0 Å². The minimum Gasteiger partial charge on any atom is -0.395 e. The van der Waals surface area contributed by atoms with Gasteiger partial charge < -0.3 is 14.0 Å². The van der Waals surface area contributed by atoms with Crippen LogP contribution in [0.3, 0.4) is 0 Å². The first kappa shape index (κ1) is 18.0. The molecule has 0 bridgehead atoms. The van der Waals surface area contributed by atoms with E-state index < -0.39 is 6.29 Å². The van der Waals surface area contributed by atoms with Crippen molar-refractivity contribution < 1.29 is 27.8 Å². The topological polar surface area (TPSA) is 70.4 Å². The van der Waals surface area contributed by atoms with Crippen LogP contribution in [0.2, 0.25) is 0 Å². The standard InChI is InChI=1S/C20H14F2N2O4S/c21-20(22)27-16-6-3-11(8-17(16)28-20)18-10-23-19(29-18)9-15(26)13-4-5-14(25)12-2-1-7-24(12)13/h1-3,6-8,10,13H,4-5,9H2. The molecule has 5 rings (SSSR count). The highest BCUT2D eigenvalue weighted by Crippen LogP contribution is 2.43. The van der Waals surface area contributed by atoms with E-state index in [-0.39, 0.29) is 35.5 Å². The van der Waals surface area contributed by atoms with E-state index in [4.69, 9.17) is 0 Å². The van der Waals surface area contributed by atoms with Crippen LogP contribution >= 0.6 is 11.3 Å². The molecule has 1 aromatic carbocycles. The summed E-state index contributed by atoms with van der Waals surface area (Å²) in [6.45, 7) is 0. The second-order valence-corrected chi connectivity index (χ2v) is 7.98. The lowest BCUT2D eigenvalue weighted by molar-refractivity contribution is -0.286. The van der Waals surface area contributed by atoms with Crippen molar-refractivity contribution in [2.45, 2.75) is 31.6 Å². The Morgan fingerprint density at radius 3 is 2.97 bits per heavy atom. The van der Waals surface area contributed by atoms with Crippen LogP contribution in [-0.2, 0) is 11.2 Å². The first-order chi connectivity index (χ1) is 13.9. The van der Waals surface area contributed by atoms with E-state index in [9.17, 15) is 18.4 Å². The van der Waals surface area contributed by atoms with Crippen LogP contribution < -0.4 is 9.47 Å². The van der Waals surface area contributed by atoms with Crippen molar-refractivity contribution in [2.75, 3.05) is 0 Å². The first-order valence-corrected chi connectivity index (χ1v) is 9.79. The number of halogens is 2. The fourth-order valence-electron chi connectivity index (χ4n) is 3.65. The second-order valence-electron chi connectivity index (χ2n) is 6.87. The molecule has 0 saturated carbocycles. The molecular formula is C20H14F2N2O4S. The molecule has 1 unspecified atom stereocenters. The number of fused-ring (bicyclic) bond motifs is 2. The molecule has 4 heterocycles. The molecule has 9 heteroatoms. The van der Waals surface area contributed by atoms with Gasteiger partial charge in [-0.1, -0.05) is 0 Å². The Bertz CT molecular complexity index is 1140. The van der Waals surface area contributed by atoms with Crippen molar-refractivity contribution in [3.63, 3.8) is 0 Å². The van der Waals surface area contributed by atoms with Crippen LogP contribution in [-0.4, -0.2) is 27.4 Å². The second kappa shape index (κ2) is 6.48. The normalized spacial score (nSPS) is 19.2. The molecule has 2 aliphatic heterocycles. The molecule has 2 aromatic heterocycles. The maximum atomic E-state index is 13.2. The van der Waals surface area contributed by atoms with Gasteiger partial charge in [-0.3, -0.25) is 9.59 Å². The van der Waals surface area contributed by atoms with Crippen LogP contribution in [0.1, 0.15) is 34.4 Å². The zero-order chi connectivity index (χ0) is 20.2. The molecule has 29 heavy (non-hydrogen) atoms. The average Bonchev–Trinajstić information content (AvgIpc) is 3.38. The van der Waals surface area contributed by atoms with Gasteiger partial charge in [-0.2, -0.15) is 0 Å². The predicted molar refractivity (Wildman–Crippen MR) is 99.5 cm³/mol. The third-order valence-corrected chi connectivity index (χ3v) is 6.03. The molecule has 0 N–H and O–H groups in total. The number of thiazole rings is 1. The van der Waals surface area contributed by atoms with Crippen LogP contribution in [0.25, 0.3) is 10.4 Å². The van der Waals surface area contributed by atoms with Crippen molar-refractivity contribution in [3.05, 3.63) is 53.4 Å². The Hall–Kier alpha value is -3.07. The smallest absolute Gasteiger partial charge is 0.395 e. The van der Waals surface area contributed by atoms with Gasteiger partial charge in [0.1, 0.15) is 5.01 Å². The summed E-state index contributed by atoms with van der Waals surface area (Å²) in [7, 11) is 0. The van der Waals surface area contributed by atoms with E-state index in [0.29, 0.717) is 29.1 Å². The fraction of sp³-hybridized carbons (Fsp3) is 0.250. The molecule has 0 aliphatic carbocycles. The minimum atomic E-state index is -3.66. The summed E-state index contributed by atoms with van der Waals surface area (Å²) >= 11 is 1.32. The van der Waals surface area contributed by atoms with Gasteiger partial charge in [0.2, 0.25) is 0 Å². The summed E-state index contributed by atoms with van der Waals surface area (Å²) in [4.78, 5) is 29.8. The van der Waals surface area contributed by atoms with Crippen molar-refractivity contribution >= 4 is 22.9 Å². The molecule has 148 valence electrons.